The monoisotopic (exact) mass is 242 g/mol. The topological polar surface area (TPSA) is 61.2 Å². The van der Waals surface area contributed by atoms with E-state index in [1.807, 2.05) is 24.3 Å². The van der Waals surface area contributed by atoms with Gasteiger partial charge in [0, 0.05) is 13.0 Å². The number of aldehydes is 1. The highest BCUT2D eigenvalue weighted by atomic mass is 16.2. The van der Waals surface area contributed by atoms with Crippen LogP contribution in [0.5, 0.6) is 0 Å². The van der Waals surface area contributed by atoms with Gasteiger partial charge >= 0.3 is 0 Å². The molecule has 1 atom stereocenters. The number of carbonyl (C=O) groups is 2. The Bertz CT molecular complexity index is 488. The van der Waals surface area contributed by atoms with E-state index in [1.165, 1.54) is 0 Å². The summed E-state index contributed by atoms with van der Waals surface area (Å²) in [6.45, 7) is 0.467. The highest BCUT2D eigenvalue weighted by molar-refractivity contribution is 5.83. The first-order valence-electron chi connectivity index (χ1n) is 5.94. The molecular formula is C14H14N2O2. The lowest BCUT2D eigenvalue weighted by molar-refractivity contribution is -0.131. The van der Waals surface area contributed by atoms with Crippen molar-refractivity contribution in [3.8, 4) is 6.07 Å². The number of nitriles is 1. The Balaban J connectivity index is 2.07. The maximum absolute atomic E-state index is 11.6. The molecule has 0 aliphatic carbocycles. The lowest BCUT2D eigenvalue weighted by Gasteiger charge is -2.20. The first-order chi connectivity index (χ1) is 8.74. The molecule has 92 valence electrons. The van der Waals surface area contributed by atoms with Crippen molar-refractivity contribution in [1.82, 2.24) is 4.90 Å². The second kappa shape index (κ2) is 5.46. The maximum Gasteiger partial charge on any atom is 0.223 e. The van der Waals surface area contributed by atoms with E-state index in [1.54, 1.807) is 4.90 Å². The summed E-state index contributed by atoms with van der Waals surface area (Å²) in [6.07, 6.45) is 2.31. The first kappa shape index (κ1) is 12.3. The number of hydrogen-bond donors (Lipinski definition) is 0. The van der Waals surface area contributed by atoms with Crippen LogP contribution in [0.4, 0.5) is 0 Å². The maximum atomic E-state index is 11.6. The predicted octanol–water partition coefficient (Wildman–Crippen LogP) is 1.44. The molecule has 0 spiro atoms. The van der Waals surface area contributed by atoms with Crippen LogP contribution in [0.3, 0.4) is 0 Å². The van der Waals surface area contributed by atoms with Crippen molar-refractivity contribution in [1.29, 1.82) is 5.26 Å². The highest BCUT2D eigenvalue weighted by Crippen LogP contribution is 2.20. The molecule has 1 aromatic rings. The zero-order valence-electron chi connectivity index (χ0n) is 10.0. The predicted molar refractivity (Wildman–Crippen MR) is 65.4 cm³/mol. The van der Waals surface area contributed by atoms with Crippen molar-refractivity contribution in [2.75, 3.05) is 0 Å². The van der Waals surface area contributed by atoms with Crippen molar-refractivity contribution in [3.05, 3.63) is 35.4 Å². The van der Waals surface area contributed by atoms with Crippen LogP contribution in [0.25, 0.3) is 0 Å². The molecule has 1 aliphatic heterocycles. The van der Waals surface area contributed by atoms with Gasteiger partial charge in [0.2, 0.25) is 5.91 Å². The Labute approximate surface area is 106 Å². The number of nitrogens with zero attached hydrogens (tertiary/aromatic N) is 2. The summed E-state index contributed by atoms with van der Waals surface area (Å²) >= 11 is 0. The number of rotatable bonds is 4. The van der Waals surface area contributed by atoms with Gasteiger partial charge in [0.05, 0.1) is 18.5 Å². The van der Waals surface area contributed by atoms with Crippen molar-refractivity contribution >= 4 is 12.2 Å². The van der Waals surface area contributed by atoms with Gasteiger partial charge in [-0.2, -0.15) is 5.26 Å². The summed E-state index contributed by atoms with van der Waals surface area (Å²) in [5, 5.41) is 8.58. The third-order valence-corrected chi connectivity index (χ3v) is 3.19. The molecule has 4 nitrogen and oxygen atoms in total. The van der Waals surface area contributed by atoms with Crippen LogP contribution in [-0.2, 0) is 22.6 Å². The SMILES string of the molecule is N#CCc1ccc(CN2C(=O)CC[C@@H]2C=O)cc1. The number of benzene rings is 1. The first-order valence-corrected chi connectivity index (χ1v) is 5.94. The fraction of sp³-hybridized carbons (Fsp3) is 0.357. The molecule has 1 amide bonds. The molecule has 2 rings (SSSR count). The van der Waals surface area contributed by atoms with Gasteiger partial charge in [0.15, 0.2) is 0 Å². The van der Waals surface area contributed by atoms with Crippen LogP contribution in [0.15, 0.2) is 24.3 Å². The molecule has 0 unspecified atom stereocenters. The zero-order valence-corrected chi connectivity index (χ0v) is 10.0. The van der Waals surface area contributed by atoms with Gasteiger partial charge in [-0.25, -0.2) is 0 Å². The Morgan fingerprint density at radius 1 is 1.33 bits per heavy atom. The molecule has 18 heavy (non-hydrogen) atoms. The average Bonchev–Trinajstić information content (AvgIpc) is 2.73. The van der Waals surface area contributed by atoms with Crippen LogP contribution in [0, 0.1) is 11.3 Å². The lowest BCUT2D eigenvalue weighted by Crippen LogP contribution is -2.33. The average molecular weight is 242 g/mol. The van der Waals surface area contributed by atoms with E-state index in [4.69, 9.17) is 5.26 Å². The second-order valence-corrected chi connectivity index (χ2v) is 4.42. The van der Waals surface area contributed by atoms with Crippen LogP contribution < -0.4 is 0 Å². The smallest absolute Gasteiger partial charge is 0.223 e. The molecule has 0 bridgehead atoms. The number of hydrogen-bond acceptors (Lipinski definition) is 3. The molecule has 0 radical (unpaired) electrons. The Kier molecular flexibility index (Phi) is 3.73. The van der Waals surface area contributed by atoms with Crippen LogP contribution in [0.1, 0.15) is 24.0 Å². The lowest BCUT2D eigenvalue weighted by atomic mass is 10.1. The standard InChI is InChI=1S/C14H14N2O2/c15-8-7-11-1-3-12(4-2-11)9-16-13(10-17)5-6-14(16)18/h1-4,10,13H,5-7,9H2/t13-/m1/s1. The van der Waals surface area contributed by atoms with Gasteiger partial charge in [-0.05, 0) is 17.5 Å². The highest BCUT2D eigenvalue weighted by Gasteiger charge is 2.30. The summed E-state index contributed by atoms with van der Waals surface area (Å²) in [5.74, 6) is 0.0354. The van der Waals surface area contributed by atoms with E-state index in [0.29, 0.717) is 25.8 Å². The molecule has 0 aromatic heterocycles. The molecule has 0 N–H and O–H groups in total. The van der Waals surface area contributed by atoms with E-state index < -0.39 is 0 Å². The van der Waals surface area contributed by atoms with Crippen LogP contribution >= 0.6 is 0 Å². The van der Waals surface area contributed by atoms with E-state index in [2.05, 4.69) is 6.07 Å². The molecule has 1 aromatic carbocycles. The summed E-state index contributed by atoms with van der Waals surface area (Å²) < 4.78 is 0. The molecule has 0 saturated carbocycles. The van der Waals surface area contributed by atoms with Crippen LogP contribution in [-0.4, -0.2) is 23.1 Å². The van der Waals surface area contributed by atoms with Crippen molar-refractivity contribution < 1.29 is 9.59 Å². The normalized spacial score (nSPS) is 18.7. The fourth-order valence-corrected chi connectivity index (χ4v) is 2.15. The minimum Gasteiger partial charge on any atom is -0.329 e. The van der Waals surface area contributed by atoms with Crippen LogP contribution in [0.2, 0.25) is 0 Å². The van der Waals surface area contributed by atoms with Gasteiger partial charge in [-0.15, -0.1) is 0 Å². The second-order valence-electron chi connectivity index (χ2n) is 4.42. The Hall–Kier alpha value is -2.15. The molecule has 4 heteroatoms. The minimum absolute atomic E-state index is 0.0354. The molecule has 1 fully saturated rings. The van der Waals surface area contributed by atoms with Gasteiger partial charge in [-0.1, -0.05) is 24.3 Å². The fourth-order valence-electron chi connectivity index (χ4n) is 2.15. The molecular weight excluding hydrogens is 228 g/mol. The van der Waals surface area contributed by atoms with Crippen molar-refractivity contribution in [2.45, 2.75) is 31.8 Å². The largest absolute Gasteiger partial charge is 0.329 e. The third-order valence-electron chi connectivity index (χ3n) is 3.19. The molecule has 1 heterocycles. The number of carbonyl (C=O) groups excluding carboxylic acids is 2. The van der Waals surface area contributed by atoms with Crippen molar-refractivity contribution in [3.63, 3.8) is 0 Å². The summed E-state index contributed by atoms with van der Waals surface area (Å²) in [4.78, 5) is 24.1. The summed E-state index contributed by atoms with van der Waals surface area (Å²) in [5.41, 5.74) is 1.94. The molecule has 1 saturated heterocycles. The van der Waals surface area contributed by atoms with Gasteiger partial charge < -0.3 is 9.69 Å². The zero-order chi connectivity index (χ0) is 13.0. The van der Waals surface area contributed by atoms with Gasteiger partial charge in [0.1, 0.15) is 6.29 Å². The third kappa shape index (κ3) is 2.57. The van der Waals surface area contributed by atoms with E-state index in [9.17, 15) is 9.59 Å². The number of amides is 1. The van der Waals surface area contributed by atoms with E-state index >= 15 is 0 Å². The van der Waals surface area contributed by atoms with E-state index in [-0.39, 0.29) is 11.9 Å². The molecule has 1 aliphatic rings. The van der Waals surface area contributed by atoms with E-state index in [0.717, 1.165) is 17.4 Å². The Morgan fingerprint density at radius 3 is 2.61 bits per heavy atom. The summed E-state index contributed by atoms with van der Waals surface area (Å²) in [6, 6.07) is 9.38. The Morgan fingerprint density at radius 2 is 2.00 bits per heavy atom. The minimum atomic E-state index is -0.281. The van der Waals surface area contributed by atoms with Crippen molar-refractivity contribution in [2.24, 2.45) is 0 Å². The van der Waals surface area contributed by atoms with Gasteiger partial charge in [-0.3, -0.25) is 4.79 Å². The van der Waals surface area contributed by atoms with Gasteiger partial charge in [0.25, 0.3) is 0 Å². The number of likely N-dealkylation sites (tertiary alicyclic amines) is 1. The quantitative estimate of drug-likeness (QED) is 0.751. The summed E-state index contributed by atoms with van der Waals surface area (Å²) in [7, 11) is 0.